The van der Waals surface area contributed by atoms with Gasteiger partial charge in [0.2, 0.25) is 0 Å². The quantitative estimate of drug-likeness (QED) is 0.857. The molecule has 0 bridgehead atoms. The highest BCUT2D eigenvalue weighted by atomic mass is 35.5. The van der Waals surface area contributed by atoms with Crippen molar-refractivity contribution in [3.8, 4) is 0 Å². The largest absolute Gasteiger partial charge is 0.380 e. The summed E-state index contributed by atoms with van der Waals surface area (Å²) in [5.41, 5.74) is 2.09. The second-order valence-electron chi connectivity index (χ2n) is 4.36. The van der Waals surface area contributed by atoms with E-state index in [9.17, 15) is 0 Å². The Bertz CT molecular complexity index is 535. The second kappa shape index (κ2) is 4.51. The lowest BCUT2D eigenvalue weighted by Crippen LogP contribution is -2.22. The number of rotatable bonds is 2. The fourth-order valence-electron chi connectivity index (χ4n) is 2.25. The first-order chi connectivity index (χ1) is 8.33. The third-order valence-corrected chi connectivity index (χ3v) is 3.32. The summed E-state index contributed by atoms with van der Waals surface area (Å²) in [6.07, 6.45) is 2.84. The molecule has 4 heteroatoms. The van der Waals surface area contributed by atoms with Gasteiger partial charge in [-0.3, -0.25) is 4.98 Å². The van der Waals surface area contributed by atoms with Crippen LogP contribution in [0.1, 0.15) is 6.42 Å². The minimum atomic E-state index is 0.500. The normalized spacial score (nSPS) is 19.7. The molecule has 2 heterocycles. The van der Waals surface area contributed by atoms with Gasteiger partial charge < -0.3 is 10.6 Å². The van der Waals surface area contributed by atoms with E-state index in [-0.39, 0.29) is 0 Å². The third kappa shape index (κ3) is 2.21. The molecule has 17 heavy (non-hydrogen) atoms. The van der Waals surface area contributed by atoms with E-state index in [1.165, 1.54) is 0 Å². The number of halogens is 1. The van der Waals surface area contributed by atoms with Crippen LogP contribution in [-0.2, 0) is 0 Å². The first kappa shape index (κ1) is 10.8. The van der Waals surface area contributed by atoms with E-state index in [0.717, 1.165) is 36.1 Å². The van der Waals surface area contributed by atoms with Crippen LogP contribution in [0.2, 0.25) is 5.02 Å². The number of nitrogens with one attached hydrogen (secondary N) is 2. The second-order valence-corrected chi connectivity index (χ2v) is 4.80. The Hall–Kier alpha value is -1.32. The first-order valence-electron chi connectivity index (χ1n) is 5.84. The van der Waals surface area contributed by atoms with Gasteiger partial charge in [-0.2, -0.15) is 0 Å². The highest BCUT2D eigenvalue weighted by molar-refractivity contribution is 6.31. The van der Waals surface area contributed by atoms with Gasteiger partial charge >= 0.3 is 0 Å². The zero-order chi connectivity index (χ0) is 11.7. The molecule has 1 aliphatic rings. The molecule has 0 spiro atoms. The SMILES string of the molecule is Clc1cnc2cccc(NC3CCNC3)c2c1. The molecule has 1 fully saturated rings. The van der Waals surface area contributed by atoms with Gasteiger partial charge in [0.15, 0.2) is 0 Å². The predicted octanol–water partition coefficient (Wildman–Crippen LogP) is 2.66. The number of hydrogen-bond acceptors (Lipinski definition) is 3. The molecule has 1 aromatic heterocycles. The molecule has 0 amide bonds. The van der Waals surface area contributed by atoms with Crippen molar-refractivity contribution in [1.82, 2.24) is 10.3 Å². The molecule has 1 atom stereocenters. The maximum absolute atomic E-state index is 6.00. The Morgan fingerprint density at radius 2 is 2.35 bits per heavy atom. The predicted molar refractivity (Wildman–Crippen MR) is 71.7 cm³/mol. The molecule has 3 rings (SSSR count). The maximum atomic E-state index is 6.00. The molecule has 1 unspecified atom stereocenters. The number of benzene rings is 1. The Labute approximate surface area is 105 Å². The number of fused-ring (bicyclic) bond motifs is 1. The Balaban J connectivity index is 1.99. The summed E-state index contributed by atoms with van der Waals surface area (Å²) in [5.74, 6) is 0. The van der Waals surface area contributed by atoms with Crippen LogP contribution in [0.25, 0.3) is 10.9 Å². The van der Waals surface area contributed by atoms with Crippen molar-refractivity contribution in [2.75, 3.05) is 18.4 Å². The average molecular weight is 248 g/mol. The van der Waals surface area contributed by atoms with Crippen molar-refractivity contribution in [3.05, 3.63) is 35.5 Å². The molecule has 1 aromatic carbocycles. The fraction of sp³-hybridized carbons (Fsp3) is 0.308. The van der Waals surface area contributed by atoms with Gasteiger partial charge in [0, 0.05) is 29.9 Å². The fourth-order valence-corrected chi connectivity index (χ4v) is 2.41. The van der Waals surface area contributed by atoms with E-state index in [0.29, 0.717) is 11.1 Å². The molecular formula is C13H14ClN3. The molecule has 3 nitrogen and oxygen atoms in total. The topological polar surface area (TPSA) is 37.0 Å². The summed E-state index contributed by atoms with van der Waals surface area (Å²) < 4.78 is 0. The van der Waals surface area contributed by atoms with Crippen LogP contribution in [0.4, 0.5) is 5.69 Å². The Kier molecular flexibility index (Phi) is 2.87. The van der Waals surface area contributed by atoms with Crippen molar-refractivity contribution < 1.29 is 0 Å². The van der Waals surface area contributed by atoms with Crippen LogP contribution in [0.3, 0.4) is 0 Å². The molecule has 88 valence electrons. The number of nitrogens with zero attached hydrogens (tertiary/aromatic N) is 1. The third-order valence-electron chi connectivity index (χ3n) is 3.11. The van der Waals surface area contributed by atoms with Gasteiger partial charge in [0.25, 0.3) is 0 Å². The molecule has 2 aromatic rings. The van der Waals surface area contributed by atoms with Crippen molar-refractivity contribution in [1.29, 1.82) is 0 Å². The average Bonchev–Trinajstić information content (AvgIpc) is 2.83. The minimum Gasteiger partial charge on any atom is -0.380 e. The van der Waals surface area contributed by atoms with Gasteiger partial charge in [-0.25, -0.2) is 0 Å². The van der Waals surface area contributed by atoms with Crippen LogP contribution in [0.15, 0.2) is 30.5 Å². The van der Waals surface area contributed by atoms with Crippen molar-refractivity contribution in [2.45, 2.75) is 12.5 Å². The highest BCUT2D eigenvalue weighted by Gasteiger charge is 2.14. The molecule has 1 saturated heterocycles. The highest BCUT2D eigenvalue weighted by Crippen LogP contribution is 2.25. The van der Waals surface area contributed by atoms with E-state index >= 15 is 0 Å². The van der Waals surface area contributed by atoms with E-state index < -0.39 is 0 Å². The Morgan fingerprint density at radius 3 is 3.18 bits per heavy atom. The van der Waals surface area contributed by atoms with Gasteiger partial charge in [-0.15, -0.1) is 0 Å². The molecule has 0 saturated carbocycles. The van der Waals surface area contributed by atoms with E-state index in [1.54, 1.807) is 6.20 Å². The van der Waals surface area contributed by atoms with E-state index in [2.05, 4.69) is 21.7 Å². The number of aromatic nitrogens is 1. The maximum Gasteiger partial charge on any atom is 0.0723 e. The molecule has 2 N–H and O–H groups in total. The summed E-state index contributed by atoms with van der Waals surface area (Å²) in [7, 11) is 0. The summed E-state index contributed by atoms with van der Waals surface area (Å²) in [4.78, 5) is 4.33. The van der Waals surface area contributed by atoms with Crippen molar-refractivity contribution in [3.63, 3.8) is 0 Å². The smallest absolute Gasteiger partial charge is 0.0723 e. The minimum absolute atomic E-state index is 0.500. The molecule has 0 radical (unpaired) electrons. The van der Waals surface area contributed by atoms with Gasteiger partial charge in [0.1, 0.15) is 0 Å². The lowest BCUT2D eigenvalue weighted by atomic mass is 10.1. The number of pyridine rings is 1. The summed E-state index contributed by atoms with van der Waals surface area (Å²) in [5, 5.41) is 8.66. The van der Waals surface area contributed by atoms with E-state index in [1.807, 2.05) is 18.2 Å². The lowest BCUT2D eigenvalue weighted by molar-refractivity contribution is 0.794. The summed E-state index contributed by atoms with van der Waals surface area (Å²) in [6.45, 7) is 2.10. The van der Waals surface area contributed by atoms with Crippen molar-refractivity contribution >= 4 is 28.2 Å². The zero-order valence-electron chi connectivity index (χ0n) is 9.41. The lowest BCUT2D eigenvalue weighted by Gasteiger charge is -2.14. The van der Waals surface area contributed by atoms with Gasteiger partial charge in [-0.1, -0.05) is 17.7 Å². The molecule has 0 aliphatic carbocycles. The standard InChI is InChI=1S/C13H14ClN3/c14-9-6-11-12(16-7-9)2-1-3-13(11)17-10-4-5-15-8-10/h1-3,6-7,10,15,17H,4-5,8H2. The summed E-state index contributed by atoms with van der Waals surface area (Å²) >= 11 is 6.00. The van der Waals surface area contributed by atoms with Crippen LogP contribution in [0.5, 0.6) is 0 Å². The van der Waals surface area contributed by atoms with Gasteiger partial charge in [-0.05, 0) is 31.2 Å². The van der Waals surface area contributed by atoms with Gasteiger partial charge in [0.05, 0.1) is 10.5 Å². The zero-order valence-corrected chi connectivity index (χ0v) is 10.2. The number of hydrogen-bond donors (Lipinski definition) is 2. The summed E-state index contributed by atoms with van der Waals surface area (Å²) in [6, 6.07) is 8.57. The van der Waals surface area contributed by atoms with E-state index in [4.69, 9.17) is 11.6 Å². The van der Waals surface area contributed by atoms with Crippen LogP contribution in [0, 0.1) is 0 Å². The first-order valence-corrected chi connectivity index (χ1v) is 6.22. The van der Waals surface area contributed by atoms with Crippen molar-refractivity contribution in [2.24, 2.45) is 0 Å². The van der Waals surface area contributed by atoms with Crippen LogP contribution < -0.4 is 10.6 Å². The number of anilines is 1. The molecular weight excluding hydrogens is 234 g/mol. The molecule has 1 aliphatic heterocycles. The van der Waals surface area contributed by atoms with Crippen LogP contribution >= 0.6 is 11.6 Å². The van der Waals surface area contributed by atoms with Crippen LogP contribution in [-0.4, -0.2) is 24.1 Å². The Morgan fingerprint density at radius 1 is 1.41 bits per heavy atom. The monoisotopic (exact) mass is 247 g/mol.